The number of benzene rings is 1. The lowest BCUT2D eigenvalue weighted by atomic mass is 10.1. The topological polar surface area (TPSA) is 181 Å². The molecule has 2 heterocycles. The number of aromatic nitrogens is 2. The Kier molecular flexibility index (Phi) is 9.92. The standard InChI is InChI=1S/C27H38N4O10Si/c1-15-13-30(26(35)29-23(15)33)24-22(38-14-19(32)28-6)21(41-42(7,8)27(3,4)5)20(40-24)16(2)39-25(34)17-9-11-18(12-10-17)31(36)37/h9-13,16,20-22,24H,14H2,1-8H3,(H,28,32)(H,29,33,35)/t16-,20+,21+,22+,24+/m0/s1. The smallest absolute Gasteiger partial charge is 0.338 e. The first kappa shape index (κ1) is 32.8. The average molecular weight is 607 g/mol. The van der Waals surface area contributed by atoms with Gasteiger partial charge in [-0.05, 0) is 44.1 Å². The number of nitrogens with zero attached hydrogens (tertiary/aromatic N) is 2. The van der Waals surface area contributed by atoms with Crippen molar-refractivity contribution in [2.24, 2.45) is 0 Å². The Labute approximate surface area is 243 Å². The van der Waals surface area contributed by atoms with Crippen LogP contribution < -0.4 is 16.6 Å². The van der Waals surface area contributed by atoms with Gasteiger partial charge in [0.05, 0.1) is 10.5 Å². The van der Waals surface area contributed by atoms with Crippen LogP contribution in [-0.2, 0) is 23.4 Å². The number of amides is 1. The molecule has 230 valence electrons. The molecule has 2 aromatic rings. The number of aromatic amines is 1. The summed E-state index contributed by atoms with van der Waals surface area (Å²) >= 11 is 0. The predicted octanol–water partition coefficient (Wildman–Crippen LogP) is 2.42. The van der Waals surface area contributed by atoms with E-state index in [1.54, 1.807) is 6.92 Å². The lowest BCUT2D eigenvalue weighted by Gasteiger charge is -2.41. The summed E-state index contributed by atoms with van der Waals surface area (Å²) in [5, 5.41) is 13.2. The number of esters is 1. The van der Waals surface area contributed by atoms with Gasteiger partial charge in [-0.15, -0.1) is 0 Å². The van der Waals surface area contributed by atoms with Crippen molar-refractivity contribution in [2.75, 3.05) is 13.7 Å². The van der Waals surface area contributed by atoms with E-state index in [1.807, 2.05) is 33.9 Å². The Morgan fingerprint density at radius 1 is 1.19 bits per heavy atom. The summed E-state index contributed by atoms with van der Waals surface area (Å²) in [5.74, 6) is -1.18. The lowest BCUT2D eigenvalue weighted by molar-refractivity contribution is -0.384. The van der Waals surface area contributed by atoms with Crippen molar-refractivity contribution in [2.45, 2.75) is 83.4 Å². The van der Waals surface area contributed by atoms with Gasteiger partial charge in [0.2, 0.25) is 5.91 Å². The molecule has 3 rings (SSSR count). The van der Waals surface area contributed by atoms with Gasteiger partial charge < -0.3 is 24.0 Å². The molecule has 42 heavy (non-hydrogen) atoms. The second-order valence-electron chi connectivity index (χ2n) is 11.7. The van der Waals surface area contributed by atoms with Crippen molar-refractivity contribution in [3.8, 4) is 0 Å². The van der Waals surface area contributed by atoms with E-state index in [4.69, 9.17) is 18.6 Å². The van der Waals surface area contributed by atoms with Gasteiger partial charge >= 0.3 is 11.7 Å². The molecule has 5 atom stereocenters. The molecule has 0 saturated carbocycles. The normalized spacial score (nSPS) is 21.5. The minimum absolute atomic E-state index is 0.0868. The molecule has 14 nitrogen and oxygen atoms in total. The van der Waals surface area contributed by atoms with Crippen LogP contribution in [0.4, 0.5) is 5.69 Å². The third-order valence-electron chi connectivity index (χ3n) is 7.64. The molecule has 1 saturated heterocycles. The number of ether oxygens (including phenoxy) is 3. The SMILES string of the molecule is CNC(=O)CO[C@@H]1[C@H](O[Si](C)(C)C(C)(C)C)[C@@H]([C@H](C)OC(=O)c2ccc([N+](=O)[O-])cc2)O[C@H]1n1cc(C)c(=O)[nH]c1=O. The van der Waals surface area contributed by atoms with E-state index < -0.39 is 67.0 Å². The minimum Gasteiger partial charge on any atom is -0.456 e. The van der Waals surface area contributed by atoms with Crippen LogP contribution in [0, 0.1) is 17.0 Å². The third kappa shape index (κ3) is 7.21. The van der Waals surface area contributed by atoms with E-state index in [1.165, 1.54) is 44.4 Å². The summed E-state index contributed by atoms with van der Waals surface area (Å²) in [7, 11) is -1.10. The molecule has 1 aliphatic rings. The highest BCUT2D eigenvalue weighted by atomic mass is 28.4. The van der Waals surface area contributed by atoms with Gasteiger partial charge in [0.15, 0.2) is 14.5 Å². The van der Waals surface area contributed by atoms with E-state index in [2.05, 4.69) is 10.3 Å². The molecular weight excluding hydrogens is 568 g/mol. The summed E-state index contributed by atoms with van der Waals surface area (Å²) in [4.78, 5) is 62.8. The predicted molar refractivity (Wildman–Crippen MR) is 154 cm³/mol. The summed E-state index contributed by atoms with van der Waals surface area (Å²) in [6.07, 6.45) is -3.68. The van der Waals surface area contributed by atoms with Crippen molar-refractivity contribution in [3.63, 3.8) is 0 Å². The second kappa shape index (κ2) is 12.7. The number of hydrogen-bond donors (Lipinski definition) is 2. The van der Waals surface area contributed by atoms with Crippen LogP contribution in [0.5, 0.6) is 0 Å². The molecule has 1 aliphatic heterocycles. The molecule has 2 N–H and O–H groups in total. The summed E-state index contributed by atoms with van der Waals surface area (Å²) in [6, 6.07) is 4.96. The first-order valence-corrected chi connectivity index (χ1v) is 16.3. The number of carbonyl (C=O) groups excluding carboxylic acids is 2. The number of aryl methyl sites for hydroxylation is 1. The van der Waals surface area contributed by atoms with Crippen molar-refractivity contribution in [1.29, 1.82) is 0 Å². The molecular formula is C27H38N4O10Si. The Balaban J connectivity index is 2.04. The molecule has 0 aliphatic carbocycles. The van der Waals surface area contributed by atoms with Gasteiger partial charge in [0.1, 0.15) is 31.0 Å². The first-order valence-electron chi connectivity index (χ1n) is 13.4. The number of hydrogen-bond acceptors (Lipinski definition) is 10. The second-order valence-corrected chi connectivity index (χ2v) is 16.4. The number of rotatable bonds is 10. The molecule has 1 fully saturated rings. The fraction of sp³-hybridized carbons (Fsp3) is 0.556. The number of H-pyrrole nitrogens is 1. The van der Waals surface area contributed by atoms with E-state index in [0.717, 1.165) is 4.57 Å². The molecule has 1 aromatic heterocycles. The van der Waals surface area contributed by atoms with Crippen LogP contribution in [0.1, 0.15) is 49.8 Å². The number of carbonyl (C=O) groups is 2. The Bertz CT molecular complexity index is 1430. The zero-order valence-corrected chi connectivity index (χ0v) is 26.0. The fourth-order valence-corrected chi connectivity index (χ4v) is 5.44. The van der Waals surface area contributed by atoms with Crippen molar-refractivity contribution < 1.29 is 33.1 Å². The Hall–Kier alpha value is -3.66. The highest BCUT2D eigenvalue weighted by molar-refractivity contribution is 6.74. The van der Waals surface area contributed by atoms with Crippen LogP contribution >= 0.6 is 0 Å². The van der Waals surface area contributed by atoms with Gasteiger partial charge in [-0.3, -0.25) is 29.3 Å². The van der Waals surface area contributed by atoms with E-state index in [9.17, 15) is 29.3 Å². The molecule has 15 heteroatoms. The first-order chi connectivity index (χ1) is 19.5. The highest BCUT2D eigenvalue weighted by Crippen LogP contribution is 2.43. The zero-order valence-electron chi connectivity index (χ0n) is 25.0. The Morgan fingerprint density at radius 2 is 1.81 bits per heavy atom. The molecule has 1 amide bonds. The van der Waals surface area contributed by atoms with Crippen molar-refractivity contribution in [1.82, 2.24) is 14.9 Å². The largest absolute Gasteiger partial charge is 0.456 e. The highest BCUT2D eigenvalue weighted by Gasteiger charge is 2.54. The molecule has 0 radical (unpaired) electrons. The van der Waals surface area contributed by atoms with Gasteiger partial charge in [-0.2, -0.15) is 0 Å². The maximum absolute atomic E-state index is 13.0. The van der Waals surface area contributed by atoms with E-state index in [-0.39, 0.29) is 28.5 Å². The lowest BCUT2D eigenvalue weighted by Crippen LogP contribution is -2.52. The van der Waals surface area contributed by atoms with E-state index in [0.29, 0.717) is 0 Å². The third-order valence-corrected chi connectivity index (χ3v) is 12.1. The monoisotopic (exact) mass is 606 g/mol. The number of non-ortho nitro benzene ring substituents is 1. The number of nitrogens with one attached hydrogen (secondary N) is 2. The van der Waals surface area contributed by atoms with Crippen LogP contribution in [0.15, 0.2) is 40.1 Å². The zero-order chi connectivity index (χ0) is 31.6. The summed E-state index contributed by atoms with van der Waals surface area (Å²) in [6.45, 7) is 12.9. The Morgan fingerprint density at radius 3 is 2.36 bits per heavy atom. The average Bonchev–Trinajstić information content (AvgIpc) is 3.25. The van der Waals surface area contributed by atoms with Gasteiger partial charge in [-0.1, -0.05) is 20.8 Å². The van der Waals surface area contributed by atoms with Crippen LogP contribution in [0.25, 0.3) is 0 Å². The number of nitro groups is 1. The van der Waals surface area contributed by atoms with Gasteiger partial charge in [-0.25, -0.2) is 9.59 Å². The fourth-order valence-electron chi connectivity index (χ4n) is 4.14. The maximum atomic E-state index is 13.0. The maximum Gasteiger partial charge on any atom is 0.338 e. The van der Waals surface area contributed by atoms with Crippen molar-refractivity contribution >= 4 is 25.9 Å². The molecule has 0 spiro atoms. The summed E-state index contributed by atoms with van der Waals surface area (Å²) in [5.41, 5.74) is -1.17. The summed E-state index contributed by atoms with van der Waals surface area (Å²) < 4.78 is 26.0. The number of likely N-dealkylation sites (N-methyl/N-ethyl adjacent to an activating group) is 1. The van der Waals surface area contributed by atoms with Gasteiger partial charge in [0.25, 0.3) is 11.2 Å². The van der Waals surface area contributed by atoms with E-state index >= 15 is 0 Å². The minimum atomic E-state index is -2.56. The van der Waals surface area contributed by atoms with Gasteiger partial charge in [0, 0.05) is 30.9 Å². The molecule has 1 aromatic carbocycles. The molecule has 0 unspecified atom stereocenters. The van der Waals surface area contributed by atoms with Crippen molar-refractivity contribution in [3.05, 3.63) is 72.5 Å². The van der Waals surface area contributed by atoms with Crippen LogP contribution in [0.3, 0.4) is 0 Å². The quantitative estimate of drug-likeness (QED) is 0.176. The van der Waals surface area contributed by atoms with Crippen LogP contribution in [0.2, 0.25) is 18.1 Å². The molecule has 0 bridgehead atoms. The number of nitro benzene ring substituents is 1. The van der Waals surface area contributed by atoms with Crippen LogP contribution in [-0.4, -0.2) is 72.7 Å².